The van der Waals surface area contributed by atoms with E-state index in [1.54, 1.807) is 38.1 Å². The third-order valence-corrected chi connectivity index (χ3v) is 2.19. The number of nitrogens with one attached hydrogen (secondary N) is 1. The Labute approximate surface area is 95.3 Å². The van der Waals surface area contributed by atoms with Gasteiger partial charge in [-0.15, -0.1) is 0 Å². The molecule has 1 aromatic carbocycles. The third-order valence-electron chi connectivity index (χ3n) is 2.19. The molecule has 0 aliphatic heterocycles. The predicted molar refractivity (Wildman–Crippen MR) is 62.2 cm³/mol. The number of benzene rings is 1. The van der Waals surface area contributed by atoms with E-state index in [-0.39, 0.29) is 18.0 Å². The molecular weight excluding hydrogens is 204 g/mol. The summed E-state index contributed by atoms with van der Waals surface area (Å²) in [5.74, 6) is -0.282. The normalized spacial score (nSPS) is 10.0. The molecule has 0 aromatic heterocycles. The summed E-state index contributed by atoms with van der Waals surface area (Å²) in [4.78, 5) is 24.8. The quantitative estimate of drug-likeness (QED) is 0.827. The highest BCUT2D eigenvalue weighted by Gasteiger charge is 2.24. The van der Waals surface area contributed by atoms with Gasteiger partial charge in [0.1, 0.15) is 0 Å². The molecule has 1 aromatic rings. The van der Waals surface area contributed by atoms with Crippen LogP contribution in [-0.4, -0.2) is 29.9 Å². The minimum Gasteiger partial charge on any atom is -0.341 e. The summed E-state index contributed by atoms with van der Waals surface area (Å²) in [6.07, 6.45) is 0. The van der Waals surface area contributed by atoms with Gasteiger partial charge >= 0.3 is 6.03 Å². The van der Waals surface area contributed by atoms with E-state index in [4.69, 9.17) is 0 Å². The second-order valence-electron chi connectivity index (χ2n) is 3.69. The maximum absolute atomic E-state index is 12.1. The summed E-state index contributed by atoms with van der Waals surface area (Å²) in [5, 5.41) is 2.46. The molecule has 0 aliphatic carbocycles. The number of imide groups is 1. The van der Waals surface area contributed by atoms with Gasteiger partial charge in [-0.1, -0.05) is 18.2 Å². The first-order valence-electron chi connectivity index (χ1n) is 5.18. The smallest absolute Gasteiger partial charge is 0.324 e. The highest BCUT2D eigenvalue weighted by atomic mass is 16.2. The SMILES string of the molecule is CNC(=O)N(C(=O)c1ccccc1)C(C)C. The largest absolute Gasteiger partial charge is 0.341 e. The van der Waals surface area contributed by atoms with Crippen LogP contribution in [0.25, 0.3) is 0 Å². The molecule has 0 saturated heterocycles. The van der Waals surface area contributed by atoms with Gasteiger partial charge in [0.15, 0.2) is 0 Å². The molecule has 16 heavy (non-hydrogen) atoms. The van der Waals surface area contributed by atoms with Gasteiger partial charge < -0.3 is 5.32 Å². The first kappa shape index (κ1) is 12.2. The number of amides is 3. The van der Waals surface area contributed by atoms with Gasteiger partial charge in [0.25, 0.3) is 5.91 Å². The third kappa shape index (κ3) is 2.59. The maximum atomic E-state index is 12.1. The zero-order valence-electron chi connectivity index (χ0n) is 9.73. The molecule has 0 heterocycles. The Morgan fingerprint density at radius 2 is 1.75 bits per heavy atom. The van der Waals surface area contributed by atoms with E-state index in [0.29, 0.717) is 5.56 Å². The van der Waals surface area contributed by atoms with Gasteiger partial charge in [-0.25, -0.2) is 4.79 Å². The summed E-state index contributed by atoms with van der Waals surface area (Å²) in [6, 6.07) is 8.21. The van der Waals surface area contributed by atoms with Crippen LogP contribution in [0, 0.1) is 0 Å². The molecule has 0 atom stereocenters. The van der Waals surface area contributed by atoms with E-state index >= 15 is 0 Å². The minimum absolute atomic E-state index is 0.173. The standard InChI is InChI=1S/C12H16N2O2/c1-9(2)14(12(16)13-3)11(15)10-7-5-4-6-8-10/h4-9H,1-3H3,(H,13,16). The zero-order valence-corrected chi connectivity index (χ0v) is 9.73. The Hall–Kier alpha value is -1.84. The summed E-state index contributed by atoms with van der Waals surface area (Å²) >= 11 is 0. The van der Waals surface area contributed by atoms with Gasteiger partial charge in [-0.3, -0.25) is 9.69 Å². The number of rotatable bonds is 2. The number of urea groups is 1. The van der Waals surface area contributed by atoms with Crippen molar-refractivity contribution >= 4 is 11.9 Å². The Morgan fingerprint density at radius 1 is 1.19 bits per heavy atom. The van der Waals surface area contributed by atoms with Crippen LogP contribution < -0.4 is 5.32 Å². The van der Waals surface area contributed by atoms with Gasteiger partial charge in [-0.05, 0) is 26.0 Å². The average molecular weight is 220 g/mol. The van der Waals surface area contributed by atoms with Crippen LogP contribution in [0.15, 0.2) is 30.3 Å². The molecule has 0 saturated carbocycles. The van der Waals surface area contributed by atoms with Crippen LogP contribution in [0.4, 0.5) is 4.79 Å². The van der Waals surface area contributed by atoms with Crippen LogP contribution in [0.5, 0.6) is 0 Å². The second-order valence-corrected chi connectivity index (χ2v) is 3.69. The highest BCUT2D eigenvalue weighted by molar-refractivity contribution is 6.04. The molecule has 3 amide bonds. The Bertz CT molecular complexity index is 374. The van der Waals surface area contributed by atoms with Crippen LogP contribution in [0.1, 0.15) is 24.2 Å². The molecule has 1 N–H and O–H groups in total. The van der Waals surface area contributed by atoms with Crippen molar-refractivity contribution in [2.75, 3.05) is 7.05 Å². The van der Waals surface area contributed by atoms with Crippen molar-refractivity contribution in [3.05, 3.63) is 35.9 Å². The van der Waals surface area contributed by atoms with Crippen molar-refractivity contribution in [1.82, 2.24) is 10.2 Å². The number of hydrogen-bond acceptors (Lipinski definition) is 2. The van der Waals surface area contributed by atoms with E-state index in [9.17, 15) is 9.59 Å². The lowest BCUT2D eigenvalue weighted by Crippen LogP contribution is -2.46. The minimum atomic E-state index is -0.385. The van der Waals surface area contributed by atoms with Crippen LogP contribution in [0.2, 0.25) is 0 Å². The molecule has 0 fully saturated rings. The first-order chi connectivity index (χ1) is 7.57. The number of carbonyl (C=O) groups is 2. The molecule has 0 bridgehead atoms. The highest BCUT2D eigenvalue weighted by Crippen LogP contribution is 2.08. The Balaban J connectivity index is 2.97. The summed E-state index contributed by atoms with van der Waals surface area (Å²) in [6.45, 7) is 3.60. The molecule has 86 valence electrons. The lowest BCUT2D eigenvalue weighted by atomic mass is 10.2. The van der Waals surface area contributed by atoms with Crippen LogP contribution in [-0.2, 0) is 0 Å². The fourth-order valence-corrected chi connectivity index (χ4v) is 1.40. The zero-order chi connectivity index (χ0) is 12.1. The van der Waals surface area contributed by atoms with Crippen molar-refractivity contribution in [3.8, 4) is 0 Å². The van der Waals surface area contributed by atoms with Gasteiger partial charge in [0.2, 0.25) is 0 Å². The molecule has 0 aliphatic rings. The van der Waals surface area contributed by atoms with E-state index in [1.165, 1.54) is 11.9 Å². The van der Waals surface area contributed by atoms with E-state index in [1.807, 2.05) is 6.07 Å². The fourth-order valence-electron chi connectivity index (χ4n) is 1.40. The predicted octanol–water partition coefficient (Wildman–Crippen LogP) is 1.88. The summed E-state index contributed by atoms with van der Waals surface area (Å²) in [7, 11) is 1.51. The van der Waals surface area contributed by atoms with Crippen molar-refractivity contribution in [1.29, 1.82) is 0 Å². The maximum Gasteiger partial charge on any atom is 0.324 e. The van der Waals surface area contributed by atoms with Gasteiger partial charge in [0, 0.05) is 18.7 Å². The average Bonchev–Trinajstić information content (AvgIpc) is 2.29. The molecule has 4 nitrogen and oxygen atoms in total. The fraction of sp³-hybridized carbons (Fsp3) is 0.333. The number of hydrogen-bond donors (Lipinski definition) is 1. The Kier molecular flexibility index (Phi) is 4.05. The molecule has 0 spiro atoms. The Morgan fingerprint density at radius 3 is 2.19 bits per heavy atom. The molecule has 0 unspecified atom stereocenters. The van der Waals surface area contributed by atoms with Crippen molar-refractivity contribution in [3.63, 3.8) is 0 Å². The second kappa shape index (κ2) is 5.30. The molecule has 0 radical (unpaired) electrons. The summed E-state index contributed by atoms with van der Waals surface area (Å²) in [5.41, 5.74) is 0.514. The van der Waals surface area contributed by atoms with Gasteiger partial charge in [0.05, 0.1) is 0 Å². The van der Waals surface area contributed by atoms with Crippen molar-refractivity contribution in [2.45, 2.75) is 19.9 Å². The summed E-state index contributed by atoms with van der Waals surface area (Å²) < 4.78 is 0. The van der Waals surface area contributed by atoms with Crippen molar-refractivity contribution < 1.29 is 9.59 Å². The van der Waals surface area contributed by atoms with E-state index < -0.39 is 0 Å². The molecular formula is C12H16N2O2. The van der Waals surface area contributed by atoms with Crippen LogP contribution in [0.3, 0.4) is 0 Å². The van der Waals surface area contributed by atoms with Gasteiger partial charge in [-0.2, -0.15) is 0 Å². The number of carbonyl (C=O) groups excluding carboxylic acids is 2. The topological polar surface area (TPSA) is 49.4 Å². The lowest BCUT2D eigenvalue weighted by Gasteiger charge is -2.24. The molecule has 1 rings (SSSR count). The van der Waals surface area contributed by atoms with E-state index in [2.05, 4.69) is 5.32 Å². The first-order valence-corrected chi connectivity index (χ1v) is 5.18. The monoisotopic (exact) mass is 220 g/mol. The lowest BCUT2D eigenvalue weighted by molar-refractivity contribution is 0.0764. The van der Waals surface area contributed by atoms with E-state index in [0.717, 1.165) is 0 Å². The molecule has 4 heteroatoms. The van der Waals surface area contributed by atoms with Crippen molar-refractivity contribution in [2.24, 2.45) is 0 Å². The number of nitrogens with zero attached hydrogens (tertiary/aromatic N) is 1. The van der Waals surface area contributed by atoms with Crippen LogP contribution >= 0.6 is 0 Å².